The first-order valence-electron chi connectivity index (χ1n) is 8.97. The van der Waals surface area contributed by atoms with Crippen LogP contribution >= 0.6 is 22.9 Å². The van der Waals surface area contributed by atoms with Gasteiger partial charge in [-0.2, -0.15) is 0 Å². The standard InChI is InChI=1S/C23H17ClN2O2S/c24-18-7-4-8-19(13-18)25-22(27)21-15-29-23(26-21)17-9-11-20(12-10-17)28-14-16-5-2-1-3-6-16/h1-13,15H,14H2,(H,25,27). The van der Waals surface area contributed by atoms with Crippen LogP contribution in [0.25, 0.3) is 10.6 Å². The fraction of sp³-hybridized carbons (Fsp3) is 0.0435. The Labute approximate surface area is 177 Å². The van der Waals surface area contributed by atoms with Crippen molar-refractivity contribution in [1.29, 1.82) is 0 Å². The number of thiazole rings is 1. The summed E-state index contributed by atoms with van der Waals surface area (Å²) in [5.74, 6) is 0.519. The van der Waals surface area contributed by atoms with Gasteiger partial charge in [-0.1, -0.05) is 48.0 Å². The van der Waals surface area contributed by atoms with E-state index in [0.29, 0.717) is 23.0 Å². The van der Waals surface area contributed by atoms with Crippen molar-refractivity contribution in [1.82, 2.24) is 4.98 Å². The molecule has 4 aromatic rings. The monoisotopic (exact) mass is 420 g/mol. The molecule has 29 heavy (non-hydrogen) atoms. The van der Waals surface area contributed by atoms with Crippen molar-refractivity contribution in [3.8, 4) is 16.3 Å². The summed E-state index contributed by atoms with van der Waals surface area (Å²) in [4.78, 5) is 16.9. The lowest BCUT2D eigenvalue weighted by Gasteiger charge is -2.06. The molecule has 0 saturated heterocycles. The fourth-order valence-electron chi connectivity index (χ4n) is 2.71. The minimum atomic E-state index is -0.266. The maximum Gasteiger partial charge on any atom is 0.275 e. The number of carbonyl (C=O) groups is 1. The third-order valence-electron chi connectivity index (χ3n) is 4.17. The maximum atomic E-state index is 12.4. The van der Waals surface area contributed by atoms with E-state index in [0.717, 1.165) is 21.9 Å². The molecule has 0 aliphatic heterocycles. The Hall–Kier alpha value is -3.15. The highest BCUT2D eigenvalue weighted by atomic mass is 35.5. The van der Waals surface area contributed by atoms with Gasteiger partial charge in [-0.15, -0.1) is 11.3 Å². The van der Waals surface area contributed by atoms with Crippen LogP contribution in [0.5, 0.6) is 5.75 Å². The van der Waals surface area contributed by atoms with Gasteiger partial charge < -0.3 is 10.1 Å². The molecule has 1 amide bonds. The highest BCUT2D eigenvalue weighted by molar-refractivity contribution is 7.13. The van der Waals surface area contributed by atoms with Crippen LogP contribution in [0.15, 0.2) is 84.2 Å². The fourth-order valence-corrected chi connectivity index (χ4v) is 3.70. The maximum absolute atomic E-state index is 12.4. The zero-order valence-electron chi connectivity index (χ0n) is 15.3. The first-order valence-corrected chi connectivity index (χ1v) is 10.2. The van der Waals surface area contributed by atoms with Gasteiger partial charge in [0.25, 0.3) is 5.91 Å². The number of ether oxygens (including phenoxy) is 1. The molecule has 4 rings (SSSR count). The third-order valence-corrected chi connectivity index (χ3v) is 5.30. The topological polar surface area (TPSA) is 51.2 Å². The van der Waals surface area contributed by atoms with E-state index in [-0.39, 0.29) is 5.91 Å². The molecule has 0 spiro atoms. The molecule has 0 unspecified atom stereocenters. The molecule has 1 N–H and O–H groups in total. The van der Waals surface area contributed by atoms with Crippen molar-refractivity contribution in [3.05, 3.63) is 101 Å². The van der Waals surface area contributed by atoms with E-state index in [1.165, 1.54) is 11.3 Å². The number of nitrogens with one attached hydrogen (secondary N) is 1. The molecule has 1 heterocycles. The van der Waals surface area contributed by atoms with Gasteiger partial charge in [0, 0.05) is 21.7 Å². The lowest BCUT2D eigenvalue weighted by atomic mass is 10.2. The summed E-state index contributed by atoms with van der Waals surface area (Å²) < 4.78 is 5.81. The van der Waals surface area contributed by atoms with E-state index in [1.807, 2.05) is 54.6 Å². The molecule has 4 nitrogen and oxygen atoms in total. The summed E-state index contributed by atoms with van der Waals surface area (Å²) in [5.41, 5.74) is 3.06. The van der Waals surface area contributed by atoms with E-state index in [9.17, 15) is 4.79 Å². The molecule has 3 aromatic carbocycles. The highest BCUT2D eigenvalue weighted by Crippen LogP contribution is 2.26. The number of halogens is 1. The first kappa shape index (κ1) is 19.2. The molecule has 0 fully saturated rings. The Bertz CT molecular complexity index is 1110. The second kappa shape index (κ2) is 8.90. The van der Waals surface area contributed by atoms with Crippen LogP contribution in [0, 0.1) is 0 Å². The molecule has 144 valence electrons. The number of nitrogens with zero attached hydrogens (tertiary/aromatic N) is 1. The summed E-state index contributed by atoms with van der Waals surface area (Å²) in [6.07, 6.45) is 0. The van der Waals surface area contributed by atoms with E-state index < -0.39 is 0 Å². The molecule has 0 aliphatic carbocycles. The van der Waals surface area contributed by atoms with Crippen LogP contribution in [0.1, 0.15) is 16.1 Å². The van der Waals surface area contributed by atoms with Gasteiger partial charge in [-0.25, -0.2) is 4.98 Å². The van der Waals surface area contributed by atoms with Crippen molar-refractivity contribution >= 4 is 34.5 Å². The first-order chi connectivity index (χ1) is 14.2. The van der Waals surface area contributed by atoms with Crippen LogP contribution in [0.2, 0.25) is 5.02 Å². The minimum absolute atomic E-state index is 0.266. The van der Waals surface area contributed by atoms with Crippen LogP contribution < -0.4 is 10.1 Å². The van der Waals surface area contributed by atoms with E-state index in [2.05, 4.69) is 10.3 Å². The number of anilines is 1. The molecule has 0 bridgehead atoms. The molecular formula is C23H17ClN2O2S. The molecule has 0 saturated carbocycles. The Morgan fingerprint density at radius 2 is 1.79 bits per heavy atom. The van der Waals surface area contributed by atoms with Crippen molar-refractivity contribution in [3.63, 3.8) is 0 Å². The molecule has 6 heteroatoms. The molecule has 0 radical (unpaired) electrons. The summed E-state index contributed by atoms with van der Waals surface area (Å²) in [5, 5.41) is 5.89. The largest absolute Gasteiger partial charge is 0.489 e. The van der Waals surface area contributed by atoms with Crippen LogP contribution in [-0.2, 0) is 6.61 Å². The van der Waals surface area contributed by atoms with Crippen molar-refractivity contribution < 1.29 is 9.53 Å². The van der Waals surface area contributed by atoms with Gasteiger partial charge in [-0.05, 0) is 48.0 Å². The minimum Gasteiger partial charge on any atom is -0.489 e. The van der Waals surface area contributed by atoms with Crippen LogP contribution in [0.4, 0.5) is 5.69 Å². The number of benzene rings is 3. The number of carbonyl (C=O) groups excluding carboxylic acids is 1. The lowest BCUT2D eigenvalue weighted by molar-refractivity contribution is 0.102. The Morgan fingerprint density at radius 3 is 2.55 bits per heavy atom. The molecule has 0 aliphatic rings. The zero-order chi connectivity index (χ0) is 20.1. The summed E-state index contributed by atoms with van der Waals surface area (Å²) in [6, 6.07) is 24.7. The quantitative estimate of drug-likeness (QED) is 0.398. The summed E-state index contributed by atoms with van der Waals surface area (Å²) in [6.45, 7) is 0.519. The van der Waals surface area contributed by atoms with Gasteiger partial charge in [-0.3, -0.25) is 4.79 Å². The number of hydrogen-bond acceptors (Lipinski definition) is 4. The predicted octanol–water partition coefficient (Wildman–Crippen LogP) is 6.29. The van der Waals surface area contributed by atoms with E-state index in [1.54, 1.807) is 29.6 Å². The number of aromatic nitrogens is 1. The van der Waals surface area contributed by atoms with Crippen LogP contribution in [0.3, 0.4) is 0 Å². The molecule has 1 aromatic heterocycles. The normalized spacial score (nSPS) is 10.5. The van der Waals surface area contributed by atoms with Crippen molar-refractivity contribution in [2.45, 2.75) is 6.61 Å². The van der Waals surface area contributed by atoms with Gasteiger partial charge in [0.15, 0.2) is 0 Å². The summed E-state index contributed by atoms with van der Waals surface area (Å²) >= 11 is 7.38. The van der Waals surface area contributed by atoms with E-state index in [4.69, 9.17) is 16.3 Å². The second-order valence-electron chi connectivity index (χ2n) is 6.30. The zero-order valence-corrected chi connectivity index (χ0v) is 16.9. The van der Waals surface area contributed by atoms with Crippen LogP contribution in [-0.4, -0.2) is 10.9 Å². The SMILES string of the molecule is O=C(Nc1cccc(Cl)c1)c1csc(-c2ccc(OCc3ccccc3)cc2)n1. The third kappa shape index (κ3) is 5.02. The molecular weight excluding hydrogens is 404 g/mol. The molecule has 0 atom stereocenters. The van der Waals surface area contributed by atoms with Crippen molar-refractivity contribution in [2.24, 2.45) is 0 Å². The highest BCUT2D eigenvalue weighted by Gasteiger charge is 2.12. The number of amides is 1. The second-order valence-corrected chi connectivity index (χ2v) is 7.60. The van der Waals surface area contributed by atoms with Gasteiger partial charge in [0.2, 0.25) is 0 Å². The van der Waals surface area contributed by atoms with E-state index >= 15 is 0 Å². The summed E-state index contributed by atoms with van der Waals surface area (Å²) in [7, 11) is 0. The average molecular weight is 421 g/mol. The smallest absolute Gasteiger partial charge is 0.275 e. The predicted molar refractivity (Wildman–Crippen MR) is 118 cm³/mol. The van der Waals surface area contributed by atoms with Gasteiger partial charge >= 0.3 is 0 Å². The van der Waals surface area contributed by atoms with Gasteiger partial charge in [0.05, 0.1) is 0 Å². The number of rotatable bonds is 6. The Kier molecular flexibility index (Phi) is 5.89. The average Bonchev–Trinajstić information content (AvgIpc) is 3.24. The Balaban J connectivity index is 1.40. The lowest BCUT2D eigenvalue weighted by Crippen LogP contribution is -2.12. The number of hydrogen-bond donors (Lipinski definition) is 1. The van der Waals surface area contributed by atoms with Crippen molar-refractivity contribution in [2.75, 3.05) is 5.32 Å². The Morgan fingerprint density at radius 1 is 1.00 bits per heavy atom. The van der Waals surface area contributed by atoms with Gasteiger partial charge in [0.1, 0.15) is 23.1 Å².